The van der Waals surface area contributed by atoms with Crippen molar-refractivity contribution in [3.05, 3.63) is 52.3 Å². The number of hydrogen-bond donors (Lipinski definition) is 2. The summed E-state index contributed by atoms with van der Waals surface area (Å²) >= 11 is 6.60. The molecule has 0 bridgehead atoms. The Morgan fingerprint density at radius 3 is 2.65 bits per heavy atom. The summed E-state index contributed by atoms with van der Waals surface area (Å²) in [6, 6.07) is 8.95. The molecule has 2 N–H and O–H groups in total. The topological polar surface area (TPSA) is 40.7 Å². The Hall–Kier alpha value is -1.84. The monoisotopic (exact) mass is 367 g/mol. The van der Waals surface area contributed by atoms with Crippen LogP contribution in [0.4, 0.5) is 0 Å². The van der Waals surface area contributed by atoms with Gasteiger partial charge in [0.1, 0.15) is 0 Å². The molecule has 3 nitrogen and oxygen atoms in total. The molecule has 4 heteroatoms. The van der Waals surface area contributed by atoms with Crippen molar-refractivity contribution in [2.75, 3.05) is 13.1 Å². The van der Waals surface area contributed by atoms with E-state index in [2.05, 4.69) is 47.3 Å². The molecule has 2 aromatic heterocycles. The standard InChI is InChI=1S/C22H26ClN3/c1-13(2)20-18-12-16(15-6-9-24-10-7-15)4-5-19(18)26-22(20)17-8-11-25-14(3)21(17)23/h4-5,8,11-13,15,24,26H,6-7,9-10H2,1-3H3. The van der Waals surface area contributed by atoms with Crippen molar-refractivity contribution in [2.24, 2.45) is 0 Å². The van der Waals surface area contributed by atoms with E-state index in [-0.39, 0.29) is 0 Å². The van der Waals surface area contributed by atoms with Crippen molar-refractivity contribution in [3.63, 3.8) is 0 Å². The highest BCUT2D eigenvalue weighted by Crippen LogP contribution is 2.40. The highest BCUT2D eigenvalue weighted by molar-refractivity contribution is 6.34. The maximum absolute atomic E-state index is 6.60. The summed E-state index contributed by atoms with van der Waals surface area (Å²) in [4.78, 5) is 7.95. The minimum Gasteiger partial charge on any atom is -0.354 e. The van der Waals surface area contributed by atoms with Crippen LogP contribution in [0.5, 0.6) is 0 Å². The van der Waals surface area contributed by atoms with Crippen molar-refractivity contribution >= 4 is 22.5 Å². The van der Waals surface area contributed by atoms with Crippen LogP contribution in [-0.4, -0.2) is 23.1 Å². The summed E-state index contributed by atoms with van der Waals surface area (Å²) in [5, 5.41) is 5.53. The van der Waals surface area contributed by atoms with Crippen LogP contribution in [0.25, 0.3) is 22.2 Å². The van der Waals surface area contributed by atoms with E-state index in [0.717, 1.165) is 35.1 Å². The summed E-state index contributed by atoms with van der Waals surface area (Å²) < 4.78 is 0. The zero-order chi connectivity index (χ0) is 18.3. The van der Waals surface area contributed by atoms with Gasteiger partial charge in [-0.05, 0) is 74.0 Å². The van der Waals surface area contributed by atoms with Crippen LogP contribution in [0.3, 0.4) is 0 Å². The second-order valence-corrected chi connectivity index (χ2v) is 8.03. The fourth-order valence-electron chi connectivity index (χ4n) is 4.19. The van der Waals surface area contributed by atoms with E-state index in [0.29, 0.717) is 11.8 Å². The van der Waals surface area contributed by atoms with E-state index < -0.39 is 0 Å². The first kappa shape index (κ1) is 17.6. The third-order valence-corrected chi connectivity index (χ3v) is 6.06. The molecule has 26 heavy (non-hydrogen) atoms. The first-order valence-corrected chi connectivity index (χ1v) is 9.91. The van der Waals surface area contributed by atoms with Crippen LogP contribution in [0, 0.1) is 6.92 Å². The summed E-state index contributed by atoms with van der Waals surface area (Å²) in [6.07, 6.45) is 4.27. The van der Waals surface area contributed by atoms with Crippen molar-refractivity contribution < 1.29 is 0 Å². The minimum absolute atomic E-state index is 0.409. The molecule has 4 rings (SSSR count). The van der Waals surface area contributed by atoms with Crippen LogP contribution in [0.15, 0.2) is 30.5 Å². The lowest BCUT2D eigenvalue weighted by atomic mass is 9.88. The van der Waals surface area contributed by atoms with E-state index in [9.17, 15) is 0 Å². The summed E-state index contributed by atoms with van der Waals surface area (Å²) in [5.41, 5.74) is 7.04. The molecular weight excluding hydrogens is 342 g/mol. The van der Waals surface area contributed by atoms with Gasteiger partial charge in [0.15, 0.2) is 0 Å². The second-order valence-electron chi connectivity index (χ2n) is 7.66. The lowest BCUT2D eigenvalue weighted by Crippen LogP contribution is -2.26. The molecule has 0 unspecified atom stereocenters. The van der Waals surface area contributed by atoms with Crippen LogP contribution in [0.2, 0.25) is 5.02 Å². The number of aromatic nitrogens is 2. The second kappa shape index (κ2) is 7.05. The van der Waals surface area contributed by atoms with Crippen molar-refractivity contribution in [1.29, 1.82) is 0 Å². The largest absolute Gasteiger partial charge is 0.354 e. The molecule has 136 valence electrons. The van der Waals surface area contributed by atoms with Gasteiger partial charge < -0.3 is 10.3 Å². The van der Waals surface area contributed by atoms with Gasteiger partial charge in [-0.25, -0.2) is 0 Å². The fourth-order valence-corrected chi connectivity index (χ4v) is 4.40. The molecule has 1 saturated heterocycles. The average molecular weight is 368 g/mol. The highest BCUT2D eigenvalue weighted by atomic mass is 35.5. The van der Waals surface area contributed by atoms with E-state index in [4.69, 9.17) is 11.6 Å². The number of aromatic amines is 1. The Morgan fingerprint density at radius 1 is 1.15 bits per heavy atom. The molecule has 1 aliphatic heterocycles. The molecule has 0 saturated carbocycles. The number of nitrogens with one attached hydrogen (secondary N) is 2. The zero-order valence-corrected chi connectivity index (χ0v) is 16.5. The summed E-state index contributed by atoms with van der Waals surface area (Å²) in [7, 11) is 0. The Labute approximate surface area is 160 Å². The number of halogens is 1. The van der Waals surface area contributed by atoms with Gasteiger partial charge in [0.2, 0.25) is 0 Å². The molecular formula is C22H26ClN3. The average Bonchev–Trinajstić information content (AvgIpc) is 3.03. The number of pyridine rings is 1. The molecule has 1 fully saturated rings. The Bertz CT molecular complexity index is 936. The molecule has 0 spiro atoms. The van der Waals surface area contributed by atoms with Crippen LogP contribution < -0.4 is 5.32 Å². The molecule has 3 aromatic rings. The predicted octanol–water partition coefficient (Wildman–Crippen LogP) is 5.78. The van der Waals surface area contributed by atoms with E-state index in [1.807, 2.05) is 19.2 Å². The van der Waals surface area contributed by atoms with Crippen molar-refractivity contribution in [1.82, 2.24) is 15.3 Å². The number of H-pyrrole nitrogens is 1. The van der Waals surface area contributed by atoms with Gasteiger partial charge >= 0.3 is 0 Å². The molecule has 1 aliphatic rings. The number of rotatable bonds is 3. The molecule has 0 amide bonds. The van der Waals surface area contributed by atoms with Crippen LogP contribution in [-0.2, 0) is 0 Å². The van der Waals surface area contributed by atoms with Crippen molar-refractivity contribution in [2.45, 2.75) is 45.4 Å². The van der Waals surface area contributed by atoms with Gasteiger partial charge in [-0.1, -0.05) is 31.5 Å². The smallest absolute Gasteiger partial charge is 0.0711 e. The maximum Gasteiger partial charge on any atom is 0.0711 e. The van der Waals surface area contributed by atoms with E-state index in [1.54, 1.807) is 0 Å². The van der Waals surface area contributed by atoms with Crippen LogP contribution >= 0.6 is 11.6 Å². The molecule has 1 aromatic carbocycles. The SMILES string of the molecule is Cc1nccc(-c2[nH]c3ccc(C4CCNCC4)cc3c2C(C)C)c1Cl. The Balaban J connectivity index is 1.89. The Morgan fingerprint density at radius 2 is 1.92 bits per heavy atom. The number of hydrogen-bond acceptors (Lipinski definition) is 2. The number of fused-ring (bicyclic) bond motifs is 1. The quantitative estimate of drug-likeness (QED) is 0.615. The number of benzene rings is 1. The normalized spacial score (nSPS) is 15.9. The van der Waals surface area contributed by atoms with Crippen molar-refractivity contribution in [3.8, 4) is 11.3 Å². The molecule has 0 atom stereocenters. The lowest BCUT2D eigenvalue weighted by Gasteiger charge is -2.23. The van der Waals surface area contributed by atoms with Gasteiger partial charge in [-0.15, -0.1) is 0 Å². The van der Waals surface area contributed by atoms with Gasteiger partial charge in [0, 0.05) is 22.7 Å². The lowest BCUT2D eigenvalue weighted by molar-refractivity contribution is 0.460. The van der Waals surface area contributed by atoms with E-state index in [1.165, 1.54) is 34.9 Å². The fraction of sp³-hybridized carbons (Fsp3) is 0.409. The Kier molecular flexibility index (Phi) is 4.76. The first-order valence-electron chi connectivity index (χ1n) is 9.54. The molecule has 0 aliphatic carbocycles. The first-order chi connectivity index (χ1) is 12.6. The van der Waals surface area contributed by atoms with Gasteiger partial charge in [0.25, 0.3) is 0 Å². The van der Waals surface area contributed by atoms with E-state index >= 15 is 0 Å². The third-order valence-electron chi connectivity index (χ3n) is 5.58. The summed E-state index contributed by atoms with van der Waals surface area (Å²) in [5.74, 6) is 1.07. The van der Waals surface area contributed by atoms with Crippen LogP contribution in [0.1, 0.15) is 55.3 Å². The zero-order valence-electron chi connectivity index (χ0n) is 15.7. The predicted molar refractivity (Wildman–Crippen MR) is 110 cm³/mol. The number of nitrogens with zero attached hydrogens (tertiary/aromatic N) is 1. The molecule has 0 radical (unpaired) electrons. The number of aryl methyl sites for hydroxylation is 1. The minimum atomic E-state index is 0.409. The van der Waals surface area contributed by atoms with Gasteiger partial charge in [0.05, 0.1) is 16.4 Å². The van der Waals surface area contributed by atoms with Gasteiger partial charge in [-0.2, -0.15) is 0 Å². The third kappa shape index (κ3) is 3.04. The molecule has 3 heterocycles. The van der Waals surface area contributed by atoms with Gasteiger partial charge in [-0.3, -0.25) is 4.98 Å². The maximum atomic E-state index is 6.60. The summed E-state index contributed by atoms with van der Waals surface area (Å²) in [6.45, 7) is 8.70. The number of piperidine rings is 1. The highest BCUT2D eigenvalue weighted by Gasteiger charge is 2.21.